The number of nitrogens with one attached hydrogen (secondary N) is 1. The van der Waals surface area contributed by atoms with E-state index in [2.05, 4.69) is 10.4 Å². The number of rotatable bonds is 7. The van der Waals surface area contributed by atoms with Crippen LogP contribution in [-0.2, 0) is 11.3 Å². The Hall–Kier alpha value is -3.51. The summed E-state index contributed by atoms with van der Waals surface area (Å²) >= 11 is 0. The van der Waals surface area contributed by atoms with Crippen LogP contribution in [0.4, 0.5) is 22.4 Å². The highest BCUT2D eigenvalue weighted by atomic mass is 19.1. The van der Waals surface area contributed by atoms with Crippen LogP contribution in [0.5, 0.6) is 0 Å². The average Bonchev–Trinajstić information content (AvgIpc) is 3.53. The lowest BCUT2D eigenvalue weighted by molar-refractivity contribution is -0.0620. The third-order valence-corrected chi connectivity index (χ3v) is 8.09. The van der Waals surface area contributed by atoms with Gasteiger partial charge in [0, 0.05) is 38.6 Å². The molecule has 2 aliphatic rings. The van der Waals surface area contributed by atoms with Crippen LogP contribution in [0.15, 0.2) is 42.5 Å². The summed E-state index contributed by atoms with van der Waals surface area (Å²) in [5.41, 5.74) is -0.261. The van der Waals surface area contributed by atoms with E-state index in [1.807, 2.05) is 34.6 Å². The minimum absolute atomic E-state index is 0.0496. The zero-order chi connectivity index (χ0) is 31.8. The fraction of sp³-hybridized carbons (Fsp3) is 0.531. The van der Waals surface area contributed by atoms with Gasteiger partial charge < -0.3 is 19.9 Å². The molecule has 2 amide bonds. The maximum atomic E-state index is 15.1. The highest BCUT2D eigenvalue weighted by Gasteiger charge is 2.44. The van der Waals surface area contributed by atoms with Crippen molar-refractivity contribution in [3.05, 3.63) is 71.3 Å². The van der Waals surface area contributed by atoms with Crippen molar-refractivity contribution in [1.29, 1.82) is 0 Å². The fourth-order valence-corrected chi connectivity index (χ4v) is 6.20. The number of ether oxygens (including phenoxy) is 1. The number of aromatic nitrogens is 3. The number of hydrogen-bond acceptors (Lipinski definition) is 5. The lowest BCUT2D eigenvalue weighted by Crippen LogP contribution is -2.56. The number of carbonyl (C=O) groups is 1. The first kappa shape index (κ1) is 31.9. The van der Waals surface area contributed by atoms with Crippen LogP contribution in [0.25, 0.3) is 11.4 Å². The second-order valence-corrected chi connectivity index (χ2v) is 13.0. The predicted octanol–water partition coefficient (Wildman–Crippen LogP) is 5.59. The Labute approximate surface area is 255 Å². The monoisotopic (exact) mass is 616 g/mol. The van der Waals surface area contributed by atoms with Crippen LogP contribution in [0.2, 0.25) is 0 Å². The molecular weight excluding hydrogens is 576 g/mol. The van der Waals surface area contributed by atoms with Crippen molar-refractivity contribution >= 4 is 6.03 Å². The molecule has 2 saturated heterocycles. The van der Waals surface area contributed by atoms with Gasteiger partial charge in [0.1, 0.15) is 23.6 Å². The van der Waals surface area contributed by atoms with E-state index in [1.165, 1.54) is 16.8 Å². The van der Waals surface area contributed by atoms with E-state index >= 15 is 4.39 Å². The molecule has 12 heteroatoms. The number of nitrogens with zero attached hydrogens (tertiary/aromatic N) is 5. The van der Waals surface area contributed by atoms with Crippen molar-refractivity contribution < 1.29 is 27.1 Å². The SMILES string of the molecule is CC1CN(C(=O)N(C[C@H]2CNC[C@@H]2F)[C@@H](c2nc(-c3cc(F)ccc3F)nn2Cc2cccc(F)c2)C(C)(C)C)CC(C)O1. The number of morpholine rings is 1. The van der Waals surface area contributed by atoms with Crippen LogP contribution in [0, 0.1) is 28.8 Å². The van der Waals surface area contributed by atoms with Crippen molar-refractivity contribution in [3.63, 3.8) is 0 Å². The molecular formula is C32H40F4N6O2. The summed E-state index contributed by atoms with van der Waals surface area (Å²) < 4.78 is 65.9. The van der Waals surface area contributed by atoms with E-state index in [0.29, 0.717) is 31.0 Å². The molecule has 2 unspecified atom stereocenters. The topological polar surface area (TPSA) is 75.5 Å². The van der Waals surface area contributed by atoms with Gasteiger partial charge in [0.05, 0.1) is 30.4 Å². The highest BCUT2D eigenvalue weighted by molar-refractivity contribution is 5.75. The van der Waals surface area contributed by atoms with Gasteiger partial charge in [-0.15, -0.1) is 0 Å². The number of carbonyl (C=O) groups excluding carboxylic acids is 1. The number of urea groups is 1. The molecule has 8 nitrogen and oxygen atoms in total. The summed E-state index contributed by atoms with van der Waals surface area (Å²) in [7, 11) is 0. The summed E-state index contributed by atoms with van der Waals surface area (Å²) in [6.07, 6.45) is -1.55. The van der Waals surface area contributed by atoms with Crippen molar-refractivity contribution in [1.82, 2.24) is 29.9 Å². The van der Waals surface area contributed by atoms with Crippen molar-refractivity contribution in [3.8, 4) is 11.4 Å². The Morgan fingerprint density at radius 2 is 1.77 bits per heavy atom. The largest absolute Gasteiger partial charge is 0.372 e. The number of halogens is 4. The van der Waals surface area contributed by atoms with Crippen LogP contribution >= 0.6 is 0 Å². The maximum Gasteiger partial charge on any atom is 0.320 e. The Morgan fingerprint density at radius 3 is 2.41 bits per heavy atom. The molecule has 0 spiro atoms. The Morgan fingerprint density at radius 1 is 1.07 bits per heavy atom. The first-order valence-electron chi connectivity index (χ1n) is 15.0. The quantitative estimate of drug-likeness (QED) is 0.351. The smallest absolute Gasteiger partial charge is 0.320 e. The van der Waals surface area contributed by atoms with E-state index in [1.54, 1.807) is 21.9 Å². The first-order chi connectivity index (χ1) is 20.8. The number of benzene rings is 2. The molecule has 44 heavy (non-hydrogen) atoms. The highest BCUT2D eigenvalue weighted by Crippen LogP contribution is 2.40. The van der Waals surface area contributed by atoms with Crippen molar-refractivity contribution in [2.24, 2.45) is 11.3 Å². The lowest BCUT2D eigenvalue weighted by Gasteiger charge is -2.45. The van der Waals surface area contributed by atoms with E-state index in [9.17, 15) is 18.0 Å². The van der Waals surface area contributed by atoms with Gasteiger partial charge in [-0.2, -0.15) is 5.10 Å². The van der Waals surface area contributed by atoms with Gasteiger partial charge in [-0.25, -0.2) is 32.0 Å². The van der Waals surface area contributed by atoms with E-state index in [-0.39, 0.29) is 49.3 Å². The zero-order valence-corrected chi connectivity index (χ0v) is 25.7. The molecule has 2 aliphatic heterocycles. The van der Waals surface area contributed by atoms with Gasteiger partial charge >= 0.3 is 6.03 Å². The summed E-state index contributed by atoms with van der Waals surface area (Å²) in [5, 5.41) is 7.66. The molecule has 5 atom stereocenters. The Balaban J connectivity index is 1.66. The fourth-order valence-electron chi connectivity index (χ4n) is 6.20. The molecule has 0 radical (unpaired) electrons. The van der Waals surface area contributed by atoms with Gasteiger partial charge in [-0.3, -0.25) is 0 Å². The normalized spacial score (nSPS) is 23.2. The van der Waals surface area contributed by atoms with Crippen molar-refractivity contribution in [2.75, 3.05) is 32.7 Å². The molecule has 0 aliphatic carbocycles. The van der Waals surface area contributed by atoms with Crippen LogP contribution in [-0.4, -0.2) is 81.7 Å². The van der Waals surface area contributed by atoms with Crippen LogP contribution in [0.3, 0.4) is 0 Å². The number of alkyl halides is 1. The third kappa shape index (κ3) is 7.07. The van der Waals surface area contributed by atoms with Gasteiger partial charge in [0.15, 0.2) is 11.6 Å². The Kier molecular flexibility index (Phi) is 9.31. The van der Waals surface area contributed by atoms with E-state index in [0.717, 1.165) is 18.2 Å². The molecule has 2 aromatic carbocycles. The molecule has 0 bridgehead atoms. The molecule has 1 N–H and O–H groups in total. The average molecular weight is 617 g/mol. The second kappa shape index (κ2) is 12.8. The van der Waals surface area contributed by atoms with E-state index in [4.69, 9.17) is 9.72 Å². The molecule has 3 aromatic rings. The zero-order valence-electron chi connectivity index (χ0n) is 25.7. The molecule has 0 saturated carbocycles. The molecule has 1 aromatic heterocycles. The number of hydrogen-bond donors (Lipinski definition) is 1. The third-order valence-electron chi connectivity index (χ3n) is 8.09. The summed E-state index contributed by atoms with van der Waals surface area (Å²) in [6, 6.07) is 7.93. The van der Waals surface area contributed by atoms with Crippen molar-refractivity contribution in [2.45, 2.75) is 65.6 Å². The summed E-state index contributed by atoms with van der Waals surface area (Å²) in [5.74, 6) is -2.07. The van der Waals surface area contributed by atoms with Crippen LogP contribution in [0.1, 0.15) is 52.0 Å². The predicted molar refractivity (Wildman–Crippen MR) is 158 cm³/mol. The Bertz CT molecular complexity index is 1470. The molecule has 5 rings (SSSR count). The van der Waals surface area contributed by atoms with Gasteiger partial charge in [-0.05, 0) is 55.2 Å². The number of amides is 2. The first-order valence-corrected chi connectivity index (χ1v) is 15.0. The summed E-state index contributed by atoms with van der Waals surface area (Å²) in [6.45, 7) is 11.0. The lowest BCUT2D eigenvalue weighted by atomic mass is 9.84. The molecule has 3 heterocycles. The minimum Gasteiger partial charge on any atom is -0.372 e. The summed E-state index contributed by atoms with van der Waals surface area (Å²) in [4.78, 5) is 22.6. The van der Waals surface area contributed by atoms with E-state index < -0.39 is 41.0 Å². The second-order valence-electron chi connectivity index (χ2n) is 13.0. The maximum absolute atomic E-state index is 15.1. The minimum atomic E-state index is -1.16. The van der Waals surface area contributed by atoms with Crippen LogP contribution < -0.4 is 5.32 Å². The van der Waals surface area contributed by atoms with Gasteiger partial charge in [0.25, 0.3) is 0 Å². The van der Waals surface area contributed by atoms with Gasteiger partial charge in [-0.1, -0.05) is 32.9 Å². The van der Waals surface area contributed by atoms with Gasteiger partial charge in [0.2, 0.25) is 0 Å². The standard InChI is InChI=1S/C32H40F4N6O2/c1-19-15-40(16-20(2)44-19)31(43)41(18-22-13-37-14-27(22)36)28(32(3,4)5)30-38-29(25-12-24(34)9-10-26(25)35)39-42(30)17-21-7-6-8-23(33)11-21/h6-12,19-20,22,27-28,37H,13-18H2,1-5H3/t19?,20?,22-,27+,28+/m1/s1. The molecule has 2 fully saturated rings. The molecule has 238 valence electrons.